The number of aliphatic imine (C=N–C) groups is 1. The number of hydrogen-bond donors (Lipinski definition) is 1. The van der Waals surface area contributed by atoms with Gasteiger partial charge in [-0.05, 0) is 12.1 Å². The number of carbonyl (C=O) groups is 1. The maximum absolute atomic E-state index is 13.4. The van der Waals surface area contributed by atoms with Crippen LogP contribution in [0.1, 0.15) is 15.9 Å². The first kappa shape index (κ1) is 46.1. The summed E-state index contributed by atoms with van der Waals surface area (Å²) in [5.41, 5.74) is 1.21. The van der Waals surface area contributed by atoms with Crippen molar-refractivity contribution in [3.05, 3.63) is 118 Å². The van der Waals surface area contributed by atoms with Crippen molar-refractivity contribution in [1.29, 1.82) is 0 Å². The Labute approximate surface area is 313 Å². The van der Waals surface area contributed by atoms with Gasteiger partial charge in [0, 0.05) is 17.3 Å². The number of benzene rings is 4. The van der Waals surface area contributed by atoms with E-state index in [1.807, 2.05) is 0 Å². The Morgan fingerprint density at radius 2 is 0.837 bits per heavy atom. The Kier molecular flexibility index (Phi) is 17.8. The summed E-state index contributed by atoms with van der Waals surface area (Å²) in [6, 6.07) is 9.72. The molecule has 4 aromatic carbocycles. The van der Waals surface area contributed by atoms with Crippen LogP contribution in [-0.4, -0.2) is 38.4 Å². The average Bonchev–Trinajstić information content (AvgIpc) is 3.03. The molecule has 2 N–H and O–H groups in total. The molecule has 0 aliphatic heterocycles. The molecule has 0 aromatic heterocycles. The van der Waals surface area contributed by atoms with E-state index in [1.54, 1.807) is 0 Å². The van der Waals surface area contributed by atoms with E-state index in [-0.39, 0.29) is 70.2 Å². The third-order valence-electron chi connectivity index (χ3n) is 5.27. The van der Waals surface area contributed by atoms with Crippen LogP contribution in [-0.2, 0) is 20.2 Å². The van der Waals surface area contributed by atoms with Crippen molar-refractivity contribution in [3.63, 3.8) is 0 Å². The molecule has 23 heteroatoms. The number of halogens is 10. The maximum Gasteiger partial charge on any atom is 1.00 e. The summed E-state index contributed by atoms with van der Waals surface area (Å²) in [5, 5.41) is 0. The number of anilines is 1. The molecule has 0 radical (unpaired) electrons. The first-order valence-electron chi connectivity index (χ1n) is 11.5. The molecular formula is C26H12F10N2Na2O7S2. The molecule has 0 saturated carbocycles. The van der Waals surface area contributed by atoms with Gasteiger partial charge < -0.3 is 14.8 Å². The van der Waals surface area contributed by atoms with Gasteiger partial charge in [-0.2, -0.15) is 0 Å². The van der Waals surface area contributed by atoms with Crippen molar-refractivity contribution < 1.29 is 134 Å². The van der Waals surface area contributed by atoms with E-state index < -0.39 is 99.6 Å². The fourth-order valence-corrected chi connectivity index (χ4v) is 4.39. The number of rotatable bonds is 5. The Bertz CT molecular complexity index is 1970. The van der Waals surface area contributed by atoms with E-state index in [1.165, 1.54) is 30.3 Å². The summed E-state index contributed by atoms with van der Waals surface area (Å²) in [5.74, 6) is -21.4. The van der Waals surface area contributed by atoms with Crippen molar-refractivity contribution in [2.45, 2.75) is 9.79 Å². The summed E-state index contributed by atoms with van der Waals surface area (Å²) < 4.78 is 191. The number of hydrogen-bond acceptors (Lipinski definition) is 9. The monoisotopic (exact) mass is 764 g/mol. The van der Waals surface area contributed by atoms with E-state index in [0.29, 0.717) is 12.5 Å². The SMILES string of the molecule is Nc1c(F)c(F)c(F)c(F)c1F.O=Cc1ccccc1S(=O)(=O)[O-].O=S(=O)([O-])c1ccccc1C=Nc1c(F)c(F)c(F)c(F)c1F.[Na+].[Na+]. The van der Waals surface area contributed by atoms with Gasteiger partial charge in [-0.3, -0.25) is 4.79 Å². The smallest absolute Gasteiger partial charge is 0.744 e. The van der Waals surface area contributed by atoms with E-state index >= 15 is 0 Å². The minimum absolute atomic E-state index is 0. The third kappa shape index (κ3) is 11.3. The topological polar surface area (TPSA) is 170 Å². The van der Waals surface area contributed by atoms with Gasteiger partial charge in [0.15, 0.2) is 52.8 Å². The van der Waals surface area contributed by atoms with Gasteiger partial charge in [-0.25, -0.2) is 65.7 Å². The number of carbonyl (C=O) groups excluding carboxylic acids is 1. The molecule has 0 heterocycles. The van der Waals surface area contributed by atoms with E-state index in [9.17, 15) is 74.6 Å². The van der Waals surface area contributed by atoms with Gasteiger partial charge in [-0.1, -0.05) is 36.4 Å². The minimum Gasteiger partial charge on any atom is -0.744 e. The summed E-state index contributed by atoms with van der Waals surface area (Å²) in [6.07, 6.45) is 0.855. The quantitative estimate of drug-likeness (QED) is 0.0412. The van der Waals surface area contributed by atoms with Gasteiger partial charge in [0.1, 0.15) is 31.6 Å². The van der Waals surface area contributed by atoms with Crippen LogP contribution >= 0.6 is 0 Å². The summed E-state index contributed by atoms with van der Waals surface area (Å²) in [6.45, 7) is 0. The Balaban J connectivity index is 0.000000754. The van der Waals surface area contributed by atoms with Crippen molar-refractivity contribution in [3.8, 4) is 0 Å². The van der Waals surface area contributed by atoms with Gasteiger partial charge in [0.2, 0.25) is 11.6 Å². The second kappa shape index (κ2) is 18.9. The predicted molar refractivity (Wildman–Crippen MR) is 138 cm³/mol. The average molecular weight is 764 g/mol. The fraction of sp³-hybridized carbons (Fsp3) is 0. The van der Waals surface area contributed by atoms with Crippen molar-refractivity contribution in [2.24, 2.45) is 4.99 Å². The molecule has 0 unspecified atom stereocenters. The summed E-state index contributed by atoms with van der Waals surface area (Å²) in [7, 11) is -9.44. The van der Waals surface area contributed by atoms with E-state index in [4.69, 9.17) is 0 Å². The summed E-state index contributed by atoms with van der Waals surface area (Å²) >= 11 is 0. The Hall–Kier alpha value is -2.86. The number of nitrogens with zero attached hydrogens (tertiary/aromatic N) is 1. The van der Waals surface area contributed by atoms with E-state index in [2.05, 4.69) is 10.7 Å². The van der Waals surface area contributed by atoms with Crippen LogP contribution in [0.3, 0.4) is 0 Å². The van der Waals surface area contributed by atoms with Crippen LogP contribution in [0.2, 0.25) is 0 Å². The largest absolute Gasteiger partial charge is 1.00 e. The molecule has 4 rings (SSSR count). The molecule has 0 amide bonds. The number of aldehydes is 1. The molecular weight excluding hydrogens is 752 g/mol. The van der Waals surface area contributed by atoms with Crippen LogP contribution in [0.25, 0.3) is 0 Å². The first-order chi connectivity index (χ1) is 21.7. The van der Waals surface area contributed by atoms with Crippen LogP contribution in [0.5, 0.6) is 0 Å². The van der Waals surface area contributed by atoms with Gasteiger partial charge in [0.25, 0.3) is 0 Å². The maximum atomic E-state index is 13.4. The molecule has 9 nitrogen and oxygen atoms in total. The molecule has 4 aromatic rings. The predicted octanol–water partition coefficient (Wildman–Crippen LogP) is -0.588. The molecule has 0 aliphatic rings. The zero-order valence-electron chi connectivity index (χ0n) is 24.3. The first-order valence-corrected chi connectivity index (χ1v) is 14.4. The van der Waals surface area contributed by atoms with Gasteiger partial charge >= 0.3 is 59.1 Å². The molecule has 0 spiro atoms. The Morgan fingerprint density at radius 1 is 0.531 bits per heavy atom. The summed E-state index contributed by atoms with van der Waals surface area (Å²) in [4.78, 5) is 12.1. The molecule has 252 valence electrons. The normalized spacial score (nSPS) is 10.9. The zero-order chi connectivity index (χ0) is 36.0. The number of nitrogen functional groups attached to an aromatic ring is 1. The van der Waals surface area contributed by atoms with Crippen LogP contribution in [0.15, 0.2) is 63.3 Å². The molecule has 0 aliphatic carbocycles. The fourth-order valence-electron chi connectivity index (χ4n) is 3.08. The van der Waals surface area contributed by atoms with Crippen molar-refractivity contribution in [2.75, 3.05) is 5.73 Å². The molecule has 0 bridgehead atoms. The Morgan fingerprint density at radius 3 is 1.18 bits per heavy atom. The van der Waals surface area contributed by atoms with Crippen LogP contribution in [0.4, 0.5) is 55.3 Å². The molecule has 49 heavy (non-hydrogen) atoms. The standard InChI is InChI=1S/C13H6F5NO3S.C7H6O4S.C6H2F5N.2Na/c14-8-9(15)11(17)13(12(18)10(8)16)19-5-6-3-1-2-4-7(6)23(20,21)22;8-5-6-3-1-2-4-7(6)12(9,10)11;7-1-2(8)4(10)6(12)5(11)3(1)9;;/h1-5H,(H,20,21,22);1-5H,(H,9,10,11);12H2;;/q;;;2*+1/p-2. The number of nitrogens with two attached hydrogens (primary N) is 1. The van der Waals surface area contributed by atoms with Crippen molar-refractivity contribution >= 4 is 44.1 Å². The molecule has 0 atom stereocenters. The zero-order valence-corrected chi connectivity index (χ0v) is 29.9. The molecule has 0 fully saturated rings. The van der Waals surface area contributed by atoms with E-state index in [0.717, 1.165) is 18.2 Å². The van der Waals surface area contributed by atoms with Gasteiger partial charge in [-0.15, -0.1) is 0 Å². The van der Waals surface area contributed by atoms with Crippen molar-refractivity contribution in [1.82, 2.24) is 0 Å². The van der Waals surface area contributed by atoms with Crippen LogP contribution < -0.4 is 64.8 Å². The third-order valence-corrected chi connectivity index (χ3v) is 7.09. The minimum atomic E-state index is -4.92. The second-order valence-corrected chi connectivity index (χ2v) is 11.0. The molecule has 0 saturated heterocycles. The van der Waals surface area contributed by atoms with Crippen LogP contribution in [0, 0.1) is 58.2 Å². The van der Waals surface area contributed by atoms with Gasteiger partial charge in [0.05, 0.1) is 9.79 Å². The second-order valence-electron chi connectivity index (χ2n) is 8.26.